The van der Waals surface area contributed by atoms with Crippen molar-refractivity contribution in [3.8, 4) is 5.75 Å². The highest BCUT2D eigenvalue weighted by atomic mass is 35.5. The Labute approximate surface area is 116 Å². The van der Waals surface area contributed by atoms with E-state index in [9.17, 15) is 4.79 Å². The summed E-state index contributed by atoms with van der Waals surface area (Å²) in [6, 6.07) is 5.52. The standard InChI is InChI=1S/C13H16ClN3O2/c1-13(2,12(15)18)17-8-5-4-6-9(19-3)11(8)16-10(17)7-14/h4-6H,7H2,1-3H3,(H2,15,18). The molecule has 0 aliphatic carbocycles. The van der Waals surface area contributed by atoms with Crippen LogP contribution in [0.5, 0.6) is 5.75 Å². The number of benzene rings is 1. The van der Waals surface area contributed by atoms with Crippen LogP contribution in [-0.2, 0) is 16.2 Å². The molecule has 19 heavy (non-hydrogen) atoms. The van der Waals surface area contributed by atoms with Crippen LogP contribution in [0, 0.1) is 0 Å². The normalized spacial score (nSPS) is 11.8. The number of hydrogen-bond donors (Lipinski definition) is 1. The number of carbonyl (C=O) groups is 1. The number of fused-ring (bicyclic) bond motifs is 1. The molecule has 0 aliphatic rings. The molecular weight excluding hydrogens is 266 g/mol. The number of primary amides is 1. The molecule has 5 nitrogen and oxygen atoms in total. The monoisotopic (exact) mass is 281 g/mol. The van der Waals surface area contributed by atoms with Gasteiger partial charge in [0.25, 0.3) is 0 Å². The first-order valence-corrected chi connectivity index (χ1v) is 6.37. The molecule has 1 aromatic heterocycles. The lowest BCUT2D eigenvalue weighted by Gasteiger charge is -2.25. The Morgan fingerprint density at radius 1 is 1.53 bits per heavy atom. The van der Waals surface area contributed by atoms with E-state index in [1.807, 2.05) is 18.2 Å². The van der Waals surface area contributed by atoms with Crippen LogP contribution in [0.2, 0.25) is 0 Å². The van der Waals surface area contributed by atoms with E-state index >= 15 is 0 Å². The Morgan fingerprint density at radius 3 is 2.74 bits per heavy atom. The highest BCUT2D eigenvalue weighted by molar-refractivity contribution is 6.17. The second-order valence-electron chi connectivity index (χ2n) is 4.75. The molecule has 0 bridgehead atoms. The number of ether oxygens (including phenoxy) is 1. The van der Waals surface area contributed by atoms with Gasteiger partial charge in [0.05, 0.1) is 18.5 Å². The number of alkyl halides is 1. The van der Waals surface area contributed by atoms with Crippen molar-refractivity contribution in [2.45, 2.75) is 25.3 Å². The number of imidazole rings is 1. The molecule has 0 radical (unpaired) electrons. The fraction of sp³-hybridized carbons (Fsp3) is 0.385. The van der Waals surface area contributed by atoms with Crippen LogP contribution in [0.4, 0.5) is 0 Å². The van der Waals surface area contributed by atoms with Gasteiger partial charge in [0.15, 0.2) is 0 Å². The molecule has 2 N–H and O–H groups in total. The van der Waals surface area contributed by atoms with Crippen molar-refractivity contribution >= 4 is 28.5 Å². The van der Waals surface area contributed by atoms with Crippen LogP contribution in [0.1, 0.15) is 19.7 Å². The molecule has 1 aromatic carbocycles. The molecule has 0 unspecified atom stereocenters. The zero-order valence-corrected chi connectivity index (χ0v) is 11.9. The number of halogens is 1. The zero-order valence-electron chi connectivity index (χ0n) is 11.1. The first-order chi connectivity index (χ1) is 8.93. The summed E-state index contributed by atoms with van der Waals surface area (Å²) >= 11 is 5.93. The van der Waals surface area contributed by atoms with Gasteiger partial charge < -0.3 is 15.0 Å². The number of rotatable bonds is 4. The Morgan fingerprint density at radius 2 is 2.21 bits per heavy atom. The van der Waals surface area contributed by atoms with Crippen molar-refractivity contribution in [3.05, 3.63) is 24.0 Å². The molecule has 0 aliphatic heterocycles. The molecule has 2 rings (SSSR count). The van der Waals surface area contributed by atoms with E-state index in [0.29, 0.717) is 17.1 Å². The number of nitrogens with zero attached hydrogens (tertiary/aromatic N) is 2. The van der Waals surface area contributed by atoms with Crippen molar-refractivity contribution in [3.63, 3.8) is 0 Å². The number of para-hydroxylation sites is 1. The van der Waals surface area contributed by atoms with Crippen molar-refractivity contribution in [2.75, 3.05) is 7.11 Å². The summed E-state index contributed by atoms with van der Waals surface area (Å²) in [6.07, 6.45) is 0. The van der Waals surface area contributed by atoms with Gasteiger partial charge in [0.2, 0.25) is 5.91 Å². The minimum Gasteiger partial charge on any atom is -0.494 e. The largest absolute Gasteiger partial charge is 0.494 e. The third-order valence-corrected chi connectivity index (χ3v) is 3.46. The lowest BCUT2D eigenvalue weighted by Crippen LogP contribution is -2.41. The van der Waals surface area contributed by atoms with E-state index in [2.05, 4.69) is 4.98 Å². The number of carbonyl (C=O) groups excluding carboxylic acids is 1. The van der Waals surface area contributed by atoms with Crippen LogP contribution in [0.15, 0.2) is 18.2 Å². The van der Waals surface area contributed by atoms with E-state index in [1.54, 1.807) is 25.5 Å². The van der Waals surface area contributed by atoms with Crippen molar-refractivity contribution in [1.29, 1.82) is 0 Å². The van der Waals surface area contributed by atoms with Crippen LogP contribution in [0.25, 0.3) is 11.0 Å². The third-order valence-electron chi connectivity index (χ3n) is 3.22. The topological polar surface area (TPSA) is 70.1 Å². The number of aromatic nitrogens is 2. The molecule has 1 amide bonds. The summed E-state index contributed by atoms with van der Waals surface area (Å²) in [5.41, 5.74) is 6.03. The van der Waals surface area contributed by atoms with Crippen molar-refractivity contribution < 1.29 is 9.53 Å². The minimum absolute atomic E-state index is 0.189. The molecular formula is C13H16ClN3O2. The average Bonchev–Trinajstić information content (AvgIpc) is 2.77. The van der Waals surface area contributed by atoms with Gasteiger partial charge >= 0.3 is 0 Å². The first kappa shape index (κ1) is 13.7. The molecule has 102 valence electrons. The van der Waals surface area contributed by atoms with E-state index < -0.39 is 11.4 Å². The minimum atomic E-state index is -0.911. The quantitative estimate of drug-likeness (QED) is 0.872. The summed E-state index contributed by atoms with van der Waals surface area (Å²) in [6.45, 7) is 3.48. The fourth-order valence-corrected chi connectivity index (χ4v) is 2.29. The molecule has 2 aromatic rings. The first-order valence-electron chi connectivity index (χ1n) is 5.84. The lowest BCUT2D eigenvalue weighted by atomic mass is 10.0. The van der Waals surface area contributed by atoms with Gasteiger partial charge in [-0.15, -0.1) is 11.6 Å². The van der Waals surface area contributed by atoms with Crippen molar-refractivity contribution in [2.24, 2.45) is 5.73 Å². The summed E-state index contributed by atoms with van der Waals surface area (Å²) < 4.78 is 7.04. The van der Waals surface area contributed by atoms with Crippen molar-refractivity contribution in [1.82, 2.24) is 9.55 Å². The third kappa shape index (κ3) is 2.04. The zero-order chi connectivity index (χ0) is 14.2. The Hall–Kier alpha value is -1.75. The van der Waals surface area contributed by atoms with E-state index in [1.165, 1.54) is 0 Å². The maximum absolute atomic E-state index is 11.7. The molecule has 0 fully saturated rings. The predicted molar refractivity (Wildman–Crippen MR) is 74.4 cm³/mol. The van der Waals surface area contributed by atoms with Gasteiger partial charge in [-0.1, -0.05) is 6.07 Å². The smallest absolute Gasteiger partial charge is 0.243 e. The summed E-state index contributed by atoms with van der Waals surface area (Å²) in [5, 5.41) is 0. The second kappa shape index (κ2) is 4.74. The molecule has 1 heterocycles. The van der Waals surface area contributed by atoms with Crippen LogP contribution in [0.3, 0.4) is 0 Å². The lowest BCUT2D eigenvalue weighted by molar-refractivity contribution is -0.125. The molecule has 6 heteroatoms. The van der Waals surface area contributed by atoms with Gasteiger partial charge in [-0.05, 0) is 26.0 Å². The summed E-state index contributed by atoms with van der Waals surface area (Å²) in [4.78, 5) is 16.1. The van der Waals surface area contributed by atoms with Crippen LogP contribution in [-0.4, -0.2) is 22.6 Å². The molecule has 0 atom stereocenters. The van der Waals surface area contributed by atoms with Gasteiger partial charge in [-0.3, -0.25) is 4.79 Å². The van der Waals surface area contributed by atoms with E-state index in [4.69, 9.17) is 22.1 Å². The Balaban J connectivity index is 2.83. The molecule has 0 saturated carbocycles. The highest BCUT2D eigenvalue weighted by Crippen LogP contribution is 2.31. The van der Waals surface area contributed by atoms with Crippen LogP contribution >= 0.6 is 11.6 Å². The Bertz CT molecular complexity index is 634. The maximum Gasteiger partial charge on any atom is 0.243 e. The SMILES string of the molecule is COc1cccc2c1nc(CCl)n2C(C)(C)C(N)=O. The second-order valence-corrected chi connectivity index (χ2v) is 5.02. The number of methoxy groups -OCH3 is 1. The summed E-state index contributed by atoms with van der Waals surface area (Å²) in [5.74, 6) is 0.975. The highest BCUT2D eigenvalue weighted by Gasteiger charge is 2.31. The van der Waals surface area contributed by atoms with Gasteiger partial charge in [-0.2, -0.15) is 0 Å². The fourth-order valence-electron chi connectivity index (χ4n) is 2.11. The van der Waals surface area contributed by atoms with E-state index in [-0.39, 0.29) is 5.88 Å². The average molecular weight is 282 g/mol. The maximum atomic E-state index is 11.7. The van der Waals surface area contributed by atoms with Gasteiger partial charge in [0, 0.05) is 0 Å². The molecule has 0 spiro atoms. The summed E-state index contributed by atoms with van der Waals surface area (Å²) in [7, 11) is 1.58. The van der Waals surface area contributed by atoms with E-state index in [0.717, 1.165) is 5.52 Å². The number of nitrogens with two attached hydrogens (primary N) is 1. The van der Waals surface area contributed by atoms with Gasteiger partial charge in [0.1, 0.15) is 22.6 Å². The molecule has 0 saturated heterocycles. The Kier molecular flexibility index (Phi) is 3.41. The van der Waals surface area contributed by atoms with Crippen LogP contribution < -0.4 is 10.5 Å². The number of amides is 1. The van der Waals surface area contributed by atoms with Gasteiger partial charge in [-0.25, -0.2) is 4.98 Å². The number of hydrogen-bond acceptors (Lipinski definition) is 3. The predicted octanol–water partition coefficient (Wildman–Crippen LogP) is 2.00.